The maximum Gasteiger partial charge on any atom is 0.202 e. The van der Waals surface area contributed by atoms with Crippen LogP contribution in [0.4, 0.5) is 0 Å². The Morgan fingerprint density at radius 3 is 2.57 bits per heavy atom. The lowest BCUT2D eigenvalue weighted by Gasteiger charge is -2.08. The molecular formula is C19H16OS. The van der Waals surface area contributed by atoms with Gasteiger partial charge < -0.3 is 0 Å². The summed E-state index contributed by atoms with van der Waals surface area (Å²) in [6, 6.07) is 16.3. The second kappa shape index (κ2) is 5.12. The molecule has 1 nitrogen and oxygen atoms in total. The Morgan fingerprint density at radius 2 is 1.71 bits per heavy atom. The highest BCUT2D eigenvalue weighted by atomic mass is 32.1. The predicted molar refractivity (Wildman–Crippen MR) is 88.3 cm³/mol. The summed E-state index contributed by atoms with van der Waals surface area (Å²) in [7, 11) is 0. The molecule has 0 atom stereocenters. The van der Waals surface area contributed by atoms with E-state index >= 15 is 0 Å². The Hall–Kier alpha value is -1.93. The third-order valence-corrected chi connectivity index (χ3v) is 5.47. The molecule has 4 rings (SSSR count). The number of hydrogen-bond donors (Lipinski definition) is 0. The molecule has 2 aromatic carbocycles. The molecule has 21 heavy (non-hydrogen) atoms. The van der Waals surface area contributed by atoms with Gasteiger partial charge in [0.05, 0.1) is 4.88 Å². The summed E-state index contributed by atoms with van der Waals surface area (Å²) >= 11 is 1.69. The van der Waals surface area contributed by atoms with Gasteiger partial charge in [0.25, 0.3) is 0 Å². The van der Waals surface area contributed by atoms with Crippen molar-refractivity contribution in [1.29, 1.82) is 0 Å². The SMILES string of the molecule is O=C(c1ccc2ccccc2c1)c1cc2c(s1)CCCC2. The van der Waals surface area contributed by atoms with Crippen LogP contribution in [0.3, 0.4) is 0 Å². The quantitative estimate of drug-likeness (QED) is 0.607. The normalized spacial score (nSPS) is 14.1. The zero-order chi connectivity index (χ0) is 14.2. The molecule has 1 aliphatic carbocycles. The average molecular weight is 292 g/mol. The van der Waals surface area contributed by atoms with Gasteiger partial charge in [-0.05, 0) is 54.2 Å². The first kappa shape index (κ1) is 12.8. The monoisotopic (exact) mass is 292 g/mol. The van der Waals surface area contributed by atoms with Gasteiger partial charge in [0.15, 0.2) is 0 Å². The van der Waals surface area contributed by atoms with Gasteiger partial charge in [0.1, 0.15) is 0 Å². The van der Waals surface area contributed by atoms with Gasteiger partial charge in [-0.2, -0.15) is 0 Å². The van der Waals surface area contributed by atoms with Crippen LogP contribution in [0, 0.1) is 0 Å². The molecule has 0 spiro atoms. The van der Waals surface area contributed by atoms with Crippen molar-refractivity contribution in [3.05, 3.63) is 69.4 Å². The van der Waals surface area contributed by atoms with Crippen LogP contribution in [-0.4, -0.2) is 5.78 Å². The van der Waals surface area contributed by atoms with Crippen LogP contribution in [0.15, 0.2) is 48.5 Å². The second-order valence-corrected chi connectivity index (χ2v) is 6.79. The average Bonchev–Trinajstić information content (AvgIpc) is 2.97. The molecule has 0 bridgehead atoms. The number of thiophene rings is 1. The summed E-state index contributed by atoms with van der Waals surface area (Å²) in [6.45, 7) is 0. The zero-order valence-electron chi connectivity index (χ0n) is 11.8. The Balaban J connectivity index is 1.73. The molecule has 104 valence electrons. The Morgan fingerprint density at radius 1 is 0.905 bits per heavy atom. The van der Waals surface area contributed by atoms with Crippen LogP contribution < -0.4 is 0 Å². The minimum Gasteiger partial charge on any atom is -0.288 e. The number of hydrogen-bond acceptors (Lipinski definition) is 2. The van der Waals surface area contributed by atoms with E-state index in [1.54, 1.807) is 11.3 Å². The van der Waals surface area contributed by atoms with Crippen LogP contribution in [0.5, 0.6) is 0 Å². The van der Waals surface area contributed by atoms with E-state index in [1.165, 1.54) is 28.7 Å². The van der Waals surface area contributed by atoms with Gasteiger partial charge >= 0.3 is 0 Å². The number of rotatable bonds is 2. The van der Waals surface area contributed by atoms with E-state index < -0.39 is 0 Å². The molecule has 0 fully saturated rings. The van der Waals surface area contributed by atoms with Crippen molar-refractivity contribution < 1.29 is 4.79 Å². The Bertz CT molecular complexity index is 805. The van der Waals surface area contributed by atoms with Crippen LogP contribution in [0.25, 0.3) is 10.8 Å². The predicted octanol–water partition coefficient (Wildman–Crippen LogP) is 5.01. The maximum absolute atomic E-state index is 12.7. The molecule has 0 radical (unpaired) electrons. The third kappa shape index (κ3) is 2.30. The molecular weight excluding hydrogens is 276 g/mol. The number of ketones is 1. The number of fused-ring (bicyclic) bond motifs is 2. The van der Waals surface area contributed by atoms with Gasteiger partial charge in [-0.25, -0.2) is 0 Å². The Kier molecular flexibility index (Phi) is 3.12. The summed E-state index contributed by atoms with van der Waals surface area (Å²) in [5.74, 6) is 0.167. The molecule has 2 heteroatoms. The first-order valence-electron chi connectivity index (χ1n) is 7.46. The van der Waals surface area contributed by atoms with E-state index in [1.807, 2.05) is 30.3 Å². The van der Waals surface area contributed by atoms with Crippen molar-refractivity contribution in [3.8, 4) is 0 Å². The highest BCUT2D eigenvalue weighted by Crippen LogP contribution is 2.31. The van der Waals surface area contributed by atoms with Crippen molar-refractivity contribution >= 4 is 27.9 Å². The highest BCUT2D eigenvalue weighted by Gasteiger charge is 2.18. The summed E-state index contributed by atoms with van der Waals surface area (Å²) in [5.41, 5.74) is 2.20. The van der Waals surface area contributed by atoms with Gasteiger partial charge in [0, 0.05) is 10.4 Å². The van der Waals surface area contributed by atoms with Crippen LogP contribution in [-0.2, 0) is 12.8 Å². The summed E-state index contributed by atoms with van der Waals surface area (Å²) in [6.07, 6.45) is 4.80. The van der Waals surface area contributed by atoms with E-state index in [-0.39, 0.29) is 5.78 Å². The number of carbonyl (C=O) groups is 1. The lowest BCUT2D eigenvalue weighted by molar-refractivity contribution is 0.104. The molecule has 3 aromatic rings. The van der Waals surface area contributed by atoms with Gasteiger partial charge in [-0.3, -0.25) is 4.79 Å². The van der Waals surface area contributed by atoms with E-state index in [0.29, 0.717) is 0 Å². The van der Waals surface area contributed by atoms with Crippen LogP contribution in [0.2, 0.25) is 0 Å². The summed E-state index contributed by atoms with van der Waals surface area (Å²) in [4.78, 5) is 15.0. The van der Waals surface area contributed by atoms with Crippen molar-refractivity contribution in [2.75, 3.05) is 0 Å². The molecule has 0 aliphatic heterocycles. The van der Waals surface area contributed by atoms with Gasteiger partial charge in [-0.15, -0.1) is 11.3 Å². The number of benzene rings is 2. The fourth-order valence-electron chi connectivity index (χ4n) is 3.08. The van der Waals surface area contributed by atoms with Crippen LogP contribution in [0.1, 0.15) is 38.5 Å². The lowest BCUT2D eigenvalue weighted by Crippen LogP contribution is -1.98. The second-order valence-electron chi connectivity index (χ2n) is 5.66. The highest BCUT2D eigenvalue weighted by molar-refractivity contribution is 7.14. The summed E-state index contributed by atoms with van der Waals surface area (Å²) in [5, 5.41) is 2.31. The molecule has 0 unspecified atom stereocenters. The smallest absolute Gasteiger partial charge is 0.202 e. The first-order chi connectivity index (χ1) is 10.3. The van der Waals surface area contributed by atoms with Crippen molar-refractivity contribution in [2.24, 2.45) is 0 Å². The molecule has 0 N–H and O–H groups in total. The number of carbonyl (C=O) groups excluding carboxylic acids is 1. The van der Waals surface area contributed by atoms with E-state index in [0.717, 1.165) is 28.7 Å². The van der Waals surface area contributed by atoms with E-state index in [4.69, 9.17) is 0 Å². The van der Waals surface area contributed by atoms with E-state index in [2.05, 4.69) is 18.2 Å². The molecule has 1 heterocycles. The summed E-state index contributed by atoms with van der Waals surface area (Å²) < 4.78 is 0. The lowest BCUT2D eigenvalue weighted by atomic mass is 9.98. The third-order valence-electron chi connectivity index (χ3n) is 4.23. The fourth-order valence-corrected chi connectivity index (χ4v) is 4.29. The first-order valence-corrected chi connectivity index (χ1v) is 8.28. The van der Waals surface area contributed by atoms with Gasteiger partial charge in [0.2, 0.25) is 5.78 Å². The largest absolute Gasteiger partial charge is 0.288 e. The van der Waals surface area contributed by atoms with Crippen molar-refractivity contribution in [2.45, 2.75) is 25.7 Å². The molecule has 1 aliphatic rings. The minimum absolute atomic E-state index is 0.167. The van der Waals surface area contributed by atoms with E-state index in [9.17, 15) is 4.79 Å². The topological polar surface area (TPSA) is 17.1 Å². The van der Waals surface area contributed by atoms with Gasteiger partial charge in [-0.1, -0.05) is 36.4 Å². The maximum atomic E-state index is 12.7. The van der Waals surface area contributed by atoms with Crippen molar-refractivity contribution in [3.63, 3.8) is 0 Å². The molecule has 0 saturated heterocycles. The standard InChI is InChI=1S/C19H16OS/c20-19(18-12-15-7-3-4-8-17(15)21-18)16-10-9-13-5-1-2-6-14(13)11-16/h1-2,5-6,9-12H,3-4,7-8H2. The number of aryl methyl sites for hydroxylation is 2. The van der Waals surface area contributed by atoms with Crippen LogP contribution >= 0.6 is 11.3 Å². The molecule has 0 saturated carbocycles. The van der Waals surface area contributed by atoms with Crippen molar-refractivity contribution in [1.82, 2.24) is 0 Å². The molecule has 0 amide bonds. The minimum atomic E-state index is 0.167. The molecule has 1 aromatic heterocycles. The zero-order valence-corrected chi connectivity index (χ0v) is 12.6. The Labute approximate surface area is 128 Å². The fraction of sp³-hybridized carbons (Fsp3) is 0.211.